The third-order valence-corrected chi connectivity index (χ3v) is 8.06. The molecule has 3 aromatic heterocycles. The minimum atomic E-state index is -3.77. The minimum Gasteiger partial charge on any atom is -0.415 e. The first-order valence-corrected chi connectivity index (χ1v) is 11.8. The Hall–Kier alpha value is -3.38. The Bertz CT molecular complexity index is 1470. The first-order chi connectivity index (χ1) is 15.7. The molecule has 1 aliphatic rings. The van der Waals surface area contributed by atoms with E-state index in [1.54, 1.807) is 49.4 Å². The largest absolute Gasteiger partial charge is 0.415 e. The fourth-order valence-electron chi connectivity index (χ4n) is 4.23. The molecule has 33 heavy (non-hydrogen) atoms. The lowest BCUT2D eigenvalue weighted by Crippen LogP contribution is -2.36. The molecule has 0 fully saturated rings. The molecule has 0 unspecified atom stereocenters. The van der Waals surface area contributed by atoms with Crippen molar-refractivity contribution >= 4 is 10.0 Å². The van der Waals surface area contributed by atoms with Crippen molar-refractivity contribution in [2.24, 2.45) is 14.1 Å². The molecule has 0 spiro atoms. The highest BCUT2D eigenvalue weighted by Gasteiger charge is 2.36. The van der Waals surface area contributed by atoms with Crippen LogP contribution in [0.2, 0.25) is 0 Å². The number of aromatic nitrogens is 6. The Morgan fingerprint density at radius 3 is 2.36 bits per heavy atom. The predicted molar refractivity (Wildman–Crippen MR) is 116 cm³/mol. The summed E-state index contributed by atoms with van der Waals surface area (Å²) in [6.45, 7) is 3.89. The number of hydrogen-bond donors (Lipinski definition) is 0. The van der Waals surface area contributed by atoms with E-state index in [2.05, 4.69) is 20.4 Å². The SMILES string of the molecule is Cc1nn(C)c(C)c1S(=O)(=O)N1CCc2c(c(-c3nnc(-c4ccc(F)cc4)o3)nn2C)C1. The number of fused-ring (bicyclic) bond motifs is 1. The van der Waals surface area contributed by atoms with Crippen LogP contribution in [-0.4, -0.2) is 49.0 Å². The lowest BCUT2D eigenvalue weighted by atomic mass is 10.1. The molecule has 0 atom stereocenters. The maximum Gasteiger partial charge on any atom is 0.268 e. The molecule has 172 valence electrons. The summed E-state index contributed by atoms with van der Waals surface area (Å²) in [6, 6.07) is 5.72. The smallest absolute Gasteiger partial charge is 0.268 e. The van der Waals surface area contributed by atoms with Gasteiger partial charge in [-0.25, -0.2) is 12.8 Å². The quantitative estimate of drug-likeness (QED) is 0.449. The second-order valence-electron chi connectivity index (χ2n) is 8.03. The number of benzene rings is 1. The minimum absolute atomic E-state index is 0.128. The lowest BCUT2D eigenvalue weighted by molar-refractivity contribution is 0.385. The van der Waals surface area contributed by atoms with Gasteiger partial charge >= 0.3 is 0 Å². The van der Waals surface area contributed by atoms with Crippen LogP contribution in [0.3, 0.4) is 0 Å². The second-order valence-corrected chi connectivity index (χ2v) is 9.90. The normalized spacial score (nSPS) is 14.6. The lowest BCUT2D eigenvalue weighted by Gasteiger charge is -2.26. The molecule has 4 aromatic rings. The first kappa shape index (κ1) is 21.5. The standard InChI is InChI=1S/C21H22FN7O3S/c1-12-19(13(2)27(3)25-12)33(30,31)29-10-9-17-16(11-29)18(26-28(17)4)21-24-23-20(32-21)14-5-7-15(22)8-6-14/h5-8H,9-11H2,1-4H3. The van der Waals surface area contributed by atoms with Crippen molar-refractivity contribution in [3.05, 3.63) is 52.7 Å². The van der Waals surface area contributed by atoms with Crippen molar-refractivity contribution in [2.45, 2.75) is 31.7 Å². The van der Waals surface area contributed by atoms with E-state index in [1.807, 2.05) is 0 Å². The van der Waals surface area contributed by atoms with Crippen LogP contribution in [-0.2, 0) is 37.1 Å². The summed E-state index contributed by atoms with van der Waals surface area (Å²) in [5, 5.41) is 17.0. The second kappa shape index (κ2) is 7.59. The molecule has 0 saturated heterocycles. The van der Waals surface area contributed by atoms with E-state index in [4.69, 9.17) is 4.42 Å². The van der Waals surface area contributed by atoms with E-state index < -0.39 is 10.0 Å². The Labute approximate surface area is 189 Å². The van der Waals surface area contributed by atoms with Gasteiger partial charge in [-0.2, -0.15) is 14.5 Å². The molecule has 4 heterocycles. The summed E-state index contributed by atoms with van der Waals surface area (Å²) in [7, 11) is -0.236. The van der Waals surface area contributed by atoms with E-state index in [9.17, 15) is 12.8 Å². The first-order valence-electron chi connectivity index (χ1n) is 10.3. The van der Waals surface area contributed by atoms with E-state index in [1.165, 1.54) is 16.4 Å². The molecule has 0 N–H and O–H groups in total. The monoisotopic (exact) mass is 471 g/mol. The van der Waals surface area contributed by atoms with E-state index in [0.717, 1.165) is 11.3 Å². The predicted octanol–water partition coefficient (Wildman–Crippen LogP) is 2.37. The van der Waals surface area contributed by atoms with E-state index in [-0.39, 0.29) is 29.0 Å². The molecule has 1 aliphatic heterocycles. The molecular formula is C21H22FN7O3S. The highest BCUT2D eigenvalue weighted by atomic mass is 32.2. The third-order valence-electron chi connectivity index (χ3n) is 5.97. The number of sulfonamides is 1. The summed E-state index contributed by atoms with van der Waals surface area (Å²) in [6.07, 6.45) is 0.495. The average molecular weight is 472 g/mol. The van der Waals surface area contributed by atoms with Gasteiger partial charge in [0.05, 0.1) is 11.4 Å². The van der Waals surface area contributed by atoms with Gasteiger partial charge in [0.2, 0.25) is 15.9 Å². The molecule has 10 nitrogen and oxygen atoms in total. The summed E-state index contributed by atoms with van der Waals surface area (Å²) in [5.41, 5.74) is 3.71. The molecule has 12 heteroatoms. The van der Waals surface area contributed by atoms with Crippen LogP contribution in [0.1, 0.15) is 22.6 Å². The fraction of sp³-hybridized carbons (Fsp3) is 0.333. The van der Waals surface area contributed by atoms with E-state index >= 15 is 0 Å². The van der Waals surface area contributed by atoms with Gasteiger partial charge in [0.1, 0.15) is 10.7 Å². The maximum absolute atomic E-state index is 13.5. The molecule has 0 radical (unpaired) electrons. The summed E-state index contributed by atoms with van der Waals surface area (Å²) in [5.74, 6) is 0.0446. The van der Waals surface area contributed by atoms with Gasteiger partial charge in [-0.1, -0.05) is 0 Å². The van der Waals surface area contributed by atoms with Gasteiger partial charge < -0.3 is 4.42 Å². The number of hydrogen-bond acceptors (Lipinski definition) is 7. The van der Waals surface area contributed by atoms with Crippen molar-refractivity contribution in [3.8, 4) is 23.0 Å². The van der Waals surface area contributed by atoms with Gasteiger partial charge in [-0.05, 0) is 38.1 Å². The third kappa shape index (κ3) is 3.45. The molecule has 0 aliphatic carbocycles. The van der Waals surface area contributed by atoms with Gasteiger partial charge in [-0.3, -0.25) is 9.36 Å². The highest BCUT2D eigenvalue weighted by molar-refractivity contribution is 7.89. The number of halogens is 1. The Kier molecular flexibility index (Phi) is 4.94. The van der Waals surface area contributed by atoms with Crippen molar-refractivity contribution in [1.29, 1.82) is 0 Å². The van der Waals surface area contributed by atoms with Crippen LogP contribution < -0.4 is 0 Å². The Morgan fingerprint density at radius 2 is 1.70 bits per heavy atom. The topological polar surface area (TPSA) is 112 Å². The zero-order valence-corrected chi connectivity index (χ0v) is 19.4. The maximum atomic E-state index is 13.5. The zero-order chi connectivity index (χ0) is 23.5. The van der Waals surface area contributed by atoms with Crippen molar-refractivity contribution in [2.75, 3.05) is 6.54 Å². The van der Waals surface area contributed by atoms with Crippen LogP contribution in [0.25, 0.3) is 23.0 Å². The fourth-order valence-corrected chi connectivity index (χ4v) is 6.04. The number of rotatable bonds is 4. The molecule has 1 aromatic carbocycles. The van der Waals surface area contributed by atoms with Crippen LogP contribution in [0.15, 0.2) is 33.6 Å². The molecular weight excluding hydrogens is 449 g/mol. The Morgan fingerprint density at radius 1 is 1.00 bits per heavy atom. The van der Waals surface area contributed by atoms with Crippen LogP contribution in [0, 0.1) is 19.7 Å². The van der Waals surface area contributed by atoms with Crippen molar-refractivity contribution < 1.29 is 17.2 Å². The summed E-state index contributed by atoms with van der Waals surface area (Å²) < 4.78 is 50.8. The molecule has 0 saturated carbocycles. The van der Waals surface area contributed by atoms with Crippen molar-refractivity contribution in [1.82, 2.24) is 34.1 Å². The van der Waals surface area contributed by atoms with Crippen LogP contribution in [0.5, 0.6) is 0 Å². The van der Waals surface area contributed by atoms with Gasteiger partial charge in [0.15, 0.2) is 5.69 Å². The zero-order valence-electron chi connectivity index (χ0n) is 18.6. The molecule has 0 bridgehead atoms. The molecule has 5 rings (SSSR count). The van der Waals surface area contributed by atoms with E-state index in [0.29, 0.717) is 35.6 Å². The van der Waals surface area contributed by atoms with Gasteiger partial charge in [0.25, 0.3) is 5.89 Å². The van der Waals surface area contributed by atoms with Crippen LogP contribution >= 0.6 is 0 Å². The number of nitrogens with zero attached hydrogens (tertiary/aromatic N) is 7. The summed E-state index contributed by atoms with van der Waals surface area (Å²) >= 11 is 0. The molecule has 0 amide bonds. The number of aryl methyl sites for hydroxylation is 3. The van der Waals surface area contributed by atoms with Crippen LogP contribution in [0.4, 0.5) is 4.39 Å². The Balaban J connectivity index is 1.51. The van der Waals surface area contributed by atoms with Gasteiger partial charge in [0, 0.05) is 50.4 Å². The van der Waals surface area contributed by atoms with Crippen molar-refractivity contribution in [3.63, 3.8) is 0 Å². The summed E-state index contributed by atoms with van der Waals surface area (Å²) in [4.78, 5) is 0.232. The highest BCUT2D eigenvalue weighted by Crippen LogP contribution is 2.33. The average Bonchev–Trinajstić information content (AvgIpc) is 3.45. The van der Waals surface area contributed by atoms with Gasteiger partial charge in [-0.15, -0.1) is 10.2 Å².